The van der Waals surface area contributed by atoms with Gasteiger partial charge < -0.3 is 4.42 Å². The summed E-state index contributed by atoms with van der Waals surface area (Å²) < 4.78 is 6.45. The fraction of sp³-hybridized carbons (Fsp3) is 0. The lowest BCUT2D eigenvalue weighted by Crippen LogP contribution is -1.94. The monoisotopic (exact) mass is 622 g/mol. The fourth-order valence-electron chi connectivity index (χ4n) is 7.86. The Morgan fingerprint density at radius 3 is 1.43 bits per heavy atom. The second-order valence-corrected chi connectivity index (χ2v) is 12.8. The van der Waals surface area contributed by atoms with Crippen LogP contribution in [0.25, 0.3) is 98.8 Å². The van der Waals surface area contributed by atoms with Gasteiger partial charge in [0.25, 0.3) is 0 Å². The molecular weight excluding hydrogens is 593 g/mol. The van der Waals surface area contributed by atoms with Crippen LogP contribution in [0.5, 0.6) is 0 Å². The van der Waals surface area contributed by atoms with Gasteiger partial charge in [0.05, 0.1) is 0 Å². The minimum Gasteiger partial charge on any atom is -0.456 e. The van der Waals surface area contributed by atoms with Crippen molar-refractivity contribution in [2.24, 2.45) is 0 Å². The van der Waals surface area contributed by atoms with Gasteiger partial charge in [-0.15, -0.1) is 0 Å². The fourth-order valence-corrected chi connectivity index (χ4v) is 7.86. The Morgan fingerprint density at radius 1 is 0.265 bits per heavy atom. The van der Waals surface area contributed by atoms with Crippen LogP contribution in [0.3, 0.4) is 0 Å². The van der Waals surface area contributed by atoms with E-state index in [9.17, 15) is 0 Å². The first-order valence-electron chi connectivity index (χ1n) is 16.8. The number of benzene rings is 9. The zero-order valence-electron chi connectivity index (χ0n) is 26.7. The molecule has 0 saturated carbocycles. The molecule has 0 unspecified atom stereocenters. The normalized spacial score (nSPS) is 11.7. The second kappa shape index (κ2) is 11.1. The highest BCUT2D eigenvalue weighted by Gasteiger charge is 2.22. The predicted octanol–water partition coefficient (Wildman–Crippen LogP) is 13.7. The maximum atomic E-state index is 6.45. The molecule has 0 radical (unpaired) electrons. The highest BCUT2D eigenvalue weighted by atomic mass is 16.3. The lowest BCUT2D eigenvalue weighted by atomic mass is 9.82. The van der Waals surface area contributed by atoms with Crippen molar-refractivity contribution < 1.29 is 4.42 Å². The van der Waals surface area contributed by atoms with E-state index in [-0.39, 0.29) is 0 Å². The largest absolute Gasteiger partial charge is 0.456 e. The third-order valence-electron chi connectivity index (χ3n) is 10.0. The second-order valence-electron chi connectivity index (χ2n) is 12.8. The van der Waals surface area contributed by atoms with Gasteiger partial charge in [0, 0.05) is 10.8 Å². The number of rotatable bonds is 4. The quantitative estimate of drug-likeness (QED) is 0.178. The molecule has 0 aliphatic rings. The van der Waals surface area contributed by atoms with Crippen molar-refractivity contribution in [3.8, 4) is 44.5 Å². The van der Waals surface area contributed by atoms with Gasteiger partial charge in [-0.2, -0.15) is 0 Å². The maximum Gasteiger partial charge on any atom is 0.136 e. The molecular formula is C48H30O. The zero-order valence-corrected chi connectivity index (χ0v) is 26.7. The molecule has 0 spiro atoms. The summed E-state index contributed by atoms with van der Waals surface area (Å²) in [5, 5.41) is 9.69. The van der Waals surface area contributed by atoms with E-state index in [1.807, 2.05) is 6.07 Å². The van der Waals surface area contributed by atoms with E-state index in [0.29, 0.717) is 0 Å². The molecule has 0 atom stereocenters. The topological polar surface area (TPSA) is 13.1 Å². The molecule has 1 aromatic heterocycles. The summed E-state index contributed by atoms with van der Waals surface area (Å²) in [6, 6.07) is 65.8. The molecule has 0 N–H and O–H groups in total. The molecule has 10 aromatic rings. The number of fused-ring (bicyclic) bond motifs is 6. The Hall–Kier alpha value is -6.44. The molecule has 0 bridgehead atoms. The van der Waals surface area contributed by atoms with E-state index in [1.54, 1.807) is 0 Å². The first-order valence-corrected chi connectivity index (χ1v) is 16.8. The van der Waals surface area contributed by atoms with Gasteiger partial charge in [0.15, 0.2) is 0 Å². The average Bonchev–Trinajstić information content (AvgIpc) is 3.54. The van der Waals surface area contributed by atoms with Gasteiger partial charge in [0.2, 0.25) is 0 Å². The third-order valence-corrected chi connectivity index (χ3v) is 10.0. The van der Waals surface area contributed by atoms with E-state index in [0.717, 1.165) is 27.5 Å². The van der Waals surface area contributed by atoms with Gasteiger partial charge in [-0.3, -0.25) is 0 Å². The Bertz CT molecular complexity index is 2800. The van der Waals surface area contributed by atoms with Crippen molar-refractivity contribution in [2.75, 3.05) is 0 Å². The van der Waals surface area contributed by atoms with Crippen molar-refractivity contribution in [1.82, 2.24) is 0 Å². The minimum atomic E-state index is 0.901. The highest BCUT2D eigenvalue weighted by Crippen LogP contribution is 2.49. The number of hydrogen-bond acceptors (Lipinski definition) is 1. The summed E-state index contributed by atoms with van der Waals surface area (Å²) in [6.45, 7) is 0. The SMILES string of the molecule is c1ccc(-c2cc(-c3c4ccccc4c(-c4cc5c(cc4-c4ccccc4)oc4ccccc45)c4ccccc34)c3ccccc3c2)cc1. The van der Waals surface area contributed by atoms with E-state index >= 15 is 0 Å². The van der Waals surface area contributed by atoms with Crippen LogP contribution in [0.1, 0.15) is 0 Å². The molecule has 0 aliphatic carbocycles. The van der Waals surface area contributed by atoms with E-state index < -0.39 is 0 Å². The smallest absolute Gasteiger partial charge is 0.136 e. The van der Waals surface area contributed by atoms with E-state index in [4.69, 9.17) is 4.42 Å². The van der Waals surface area contributed by atoms with Gasteiger partial charge in [-0.25, -0.2) is 0 Å². The minimum absolute atomic E-state index is 0.901. The molecule has 1 heterocycles. The van der Waals surface area contributed by atoms with Crippen LogP contribution in [0.4, 0.5) is 0 Å². The summed E-state index contributed by atoms with van der Waals surface area (Å²) >= 11 is 0. The Morgan fingerprint density at radius 2 is 0.776 bits per heavy atom. The predicted molar refractivity (Wildman–Crippen MR) is 208 cm³/mol. The van der Waals surface area contributed by atoms with Crippen LogP contribution in [-0.2, 0) is 0 Å². The van der Waals surface area contributed by atoms with Crippen LogP contribution in [0.15, 0.2) is 186 Å². The Labute approximate surface area is 284 Å². The van der Waals surface area contributed by atoms with Crippen LogP contribution in [0, 0.1) is 0 Å². The summed E-state index contributed by atoms with van der Waals surface area (Å²) in [4.78, 5) is 0. The van der Waals surface area contributed by atoms with Gasteiger partial charge in [0.1, 0.15) is 11.2 Å². The summed E-state index contributed by atoms with van der Waals surface area (Å²) in [7, 11) is 0. The van der Waals surface area contributed by atoms with Crippen molar-refractivity contribution in [3.05, 3.63) is 182 Å². The summed E-state index contributed by atoms with van der Waals surface area (Å²) in [5.41, 5.74) is 11.5. The Balaban J connectivity index is 1.36. The summed E-state index contributed by atoms with van der Waals surface area (Å²) in [5.74, 6) is 0. The molecule has 9 aromatic carbocycles. The maximum absolute atomic E-state index is 6.45. The van der Waals surface area contributed by atoms with Crippen molar-refractivity contribution in [3.63, 3.8) is 0 Å². The lowest BCUT2D eigenvalue weighted by molar-refractivity contribution is 0.669. The Kier molecular flexibility index (Phi) is 6.25. The van der Waals surface area contributed by atoms with Gasteiger partial charge >= 0.3 is 0 Å². The molecule has 49 heavy (non-hydrogen) atoms. The molecule has 1 heteroatoms. The molecule has 0 aliphatic heterocycles. The van der Waals surface area contributed by atoms with Crippen LogP contribution < -0.4 is 0 Å². The van der Waals surface area contributed by atoms with E-state index in [1.165, 1.54) is 71.3 Å². The van der Waals surface area contributed by atoms with E-state index in [2.05, 4.69) is 176 Å². The zero-order chi connectivity index (χ0) is 32.3. The first-order chi connectivity index (χ1) is 24.3. The molecule has 0 saturated heterocycles. The number of furan rings is 1. The van der Waals surface area contributed by atoms with Crippen molar-refractivity contribution >= 4 is 54.3 Å². The van der Waals surface area contributed by atoms with Crippen molar-refractivity contribution in [2.45, 2.75) is 0 Å². The highest BCUT2D eigenvalue weighted by molar-refractivity contribution is 6.25. The van der Waals surface area contributed by atoms with Crippen LogP contribution in [0.2, 0.25) is 0 Å². The van der Waals surface area contributed by atoms with Crippen molar-refractivity contribution in [1.29, 1.82) is 0 Å². The molecule has 10 rings (SSSR count). The van der Waals surface area contributed by atoms with Gasteiger partial charge in [-0.05, 0) is 107 Å². The third kappa shape index (κ3) is 4.40. The molecule has 1 nitrogen and oxygen atoms in total. The average molecular weight is 623 g/mol. The number of para-hydroxylation sites is 1. The van der Waals surface area contributed by atoms with Gasteiger partial charge in [-0.1, -0.05) is 152 Å². The first kappa shape index (κ1) is 27.7. The lowest BCUT2D eigenvalue weighted by Gasteiger charge is -2.21. The van der Waals surface area contributed by atoms with Crippen LogP contribution in [-0.4, -0.2) is 0 Å². The standard InChI is InChI=1S/C48H30O/c1-3-15-31(16-4-1)34-27-33-19-7-8-20-35(33)43(28-34)47-37-22-9-11-24-39(37)48(40-25-12-10-23-38(40)47)44-29-42-36-21-13-14-26-45(36)49-46(42)30-41(44)32-17-5-2-6-18-32/h1-30H. The summed E-state index contributed by atoms with van der Waals surface area (Å²) in [6.07, 6.45) is 0. The molecule has 228 valence electrons. The number of hydrogen-bond donors (Lipinski definition) is 0. The molecule has 0 amide bonds. The van der Waals surface area contributed by atoms with Crippen LogP contribution >= 0.6 is 0 Å². The molecule has 0 fully saturated rings.